The lowest BCUT2D eigenvalue weighted by atomic mass is 9.99. The van der Waals surface area contributed by atoms with E-state index in [-0.39, 0.29) is 5.92 Å². The van der Waals surface area contributed by atoms with Crippen molar-refractivity contribution in [3.63, 3.8) is 0 Å². The van der Waals surface area contributed by atoms with E-state index < -0.39 is 0 Å². The van der Waals surface area contributed by atoms with Crippen LogP contribution in [0.5, 0.6) is 0 Å². The van der Waals surface area contributed by atoms with E-state index in [2.05, 4.69) is 30.3 Å². The third-order valence-electron chi connectivity index (χ3n) is 2.47. The molecule has 2 rings (SSSR count). The molecule has 0 spiro atoms. The average molecular weight is 181 g/mol. The maximum atomic E-state index is 8.81. The molecule has 0 aromatic heterocycles. The highest BCUT2D eigenvalue weighted by atomic mass is 14.3. The Hall–Kier alpha value is -1.81. The van der Waals surface area contributed by atoms with Gasteiger partial charge in [0.1, 0.15) is 0 Å². The molecule has 1 unspecified atom stereocenters. The van der Waals surface area contributed by atoms with Crippen LogP contribution in [-0.4, -0.2) is 0 Å². The summed E-state index contributed by atoms with van der Waals surface area (Å²) < 4.78 is 0. The van der Waals surface area contributed by atoms with E-state index in [0.717, 1.165) is 5.56 Å². The first kappa shape index (κ1) is 8.77. The van der Waals surface area contributed by atoms with Crippen LogP contribution in [0.2, 0.25) is 0 Å². The van der Waals surface area contributed by atoms with Crippen LogP contribution < -0.4 is 0 Å². The van der Waals surface area contributed by atoms with E-state index >= 15 is 0 Å². The molecule has 2 aromatic carbocycles. The van der Waals surface area contributed by atoms with Gasteiger partial charge in [0.15, 0.2) is 0 Å². The first-order valence-corrected chi connectivity index (χ1v) is 4.69. The Morgan fingerprint density at radius 3 is 2.50 bits per heavy atom. The minimum Gasteiger partial charge on any atom is -0.198 e. The van der Waals surface area contributed by atoms with Crippen LogP contribution in [0.25, 0.3) is 10.8 Å². The minimum absolute atomic E-state index is 0.0281. The third kappa shape index (κ3) is 1.47. The lowest BCUT2D eigenvalue weighted by Crippen LogP contribution is -1.88. The fourth-order valence-electron chi connectivity index (χ4n) is 1.55. The van der Waals surface area contributed by atoms with E-state index in [4.69, 9.17) is 5.26 Å². The van der Waals surface area contributed by atoms with Crippen molar-refractivity contribution in [3.8, 4) is 6.07 Å². The molecule has 0 bridgehead atoms. The number of nitrogens with zero attached hydrogens (tertiary/aromatic N) is 1. The molecule has 0 aliphatic rings. The normalized spacial score (nSPS) is 12.3. The second-order valence-corrected chi connectivity index (χ2v) is 3.46. The van der Waals surface area contributed by atoms with Crippen LogP contribution in [0.3, 0.4) is 0 Å². The van der Waals surface area contributed by atoms with Crippen molar-refractivity contribution in [2.75, 3.05) is 0 Å². The maximum absolute atomic E-state index is 8.81. The van der Waals surface area contributed by atoms with E-state index in [9.17, 15) is 0 Å². The van der Waals surface area contributed by atoms with Crippen LogP contribution in [-0.2, 0) is 0 Å². The molecule has 0 heterocycles. The SMILES string of the molecule is CC(C#N)c1ccc2ccccc2c1. The van der Waals surface area contributed by atoms with Crippen molar-refractivity contribution >= 4 is 10.8 Å². The molecule has 68 valence electrons. The van der Waals surface area contributed by atoms with Gasteiger partial charge in [-0.1, -0.05) is 36.4 Å². The van der Waals surface area contributed by atoms with Crippen molar-refractivity contribution < 1.29 is 0 Å². The van der Waals surface area contributed by atoms with E-state index in [1.165, 1.54) is 10.8 Å². The number of fused-ring (bicyclic) bond motifs is 1. The summed E-state index contributed by atoms with van der Waals surface area (Å²) in [6.45, 7) is 1.92. The predicted octanol–water partition coefficient (Wildman–Crippen LogP) is 3.47. The molecule has 1 heteroatoms. The molecule has 0 fully saturated rings. The molecule has 0 amide bonds. The van der Waals surface area contributed by atoms with Gasteiger partial charge in [-0.25, -0.2) is 0 Å². The number of nitriles is 1. The van der Waals surface area contributed by atoms with E-state index in [1.807, 2.05) is 25.1 Å². The van der Waals surface area contributed by atoms with Crippen molar-refractivity contribution in [1.29, 1.82) is 5.26 Å². The van der Waals surface area contributed by atoms with Crippen molar-refractivity contribution in [2.45, 2.75) is 12.8 Å². The van der Waals surface area contributed by atoms with Gasteiger partial charge >= 0.3 is 0 Å². The molecule has 2 aromatic rings. The molecule has 1 nitrogen and oxygen atoms in total. The lowest BCUT2D eigenvalue weighted by molar-refractivity contribution is 0.985. The Balaban J connectivity index is 2.58. The smallest absolute Gasteiger partial charge is 0.0700 e. The summed E-state index contributed by atoms with van der Waals surface area (Å²) >= 11 is 0. The molecule has 14 heavy (non-hydrogen) atoms. The van der Waals surface area contributed by atoms with Crippen molar-refractivity contribution in [2.24, 2.45) is 0 Å². The fourth-order valence-corrected chi connectivity index (χ4v) is 1.55. The third-order valence-corrected chi connectivity index (χ3v) is 2.47. The zero-order chi connectivity index (χ0) is 9.97. The Kier molecular flexibility index (Phi) is 2.20. The number of hydrogen-bond acceptors (Lipinski definition) is 1. The minimum atomic E-state index is -0.0281. The summed E-state index contributed by atoms with van der Waals surface area (Å²) in [5, 5.41) is 11.2. The molecule has 1 atom stereocenters. The highest BCUT2D eigenvalue weighted by Gasteiger charge is 2.03. The Morgan fingerprint density at radius 1 is 1.07 bits per heavy atom. The van der Waals surface area contributed by atoms with Gasteiger partial charge in [0.2, 0.25) is 0 Å². The summed E-state index contributed by atoms with van der Waals surface area (Å²) in [5.41, 5.74) is 1.09. The fraction of sp³-hybridized carbons (Fsp3) is 0.154. The van der Waals surface area contributed by atoms with Gasteiger partial charge in [-0.15, -0.1) is 0 Å². The molecule has 0 radical (unpaired) electrons. The Labute approximate surface area is 83.6 Å². The van der Waals surface area contributed by atoms with Crippen LogP contribution in [0, 0.1) is 11.3 Å². The van der Waals surface area contributed by atoms with Crippen molar-refractivity contribution in [3.05, 3.63) is 48.0 Å². The maximum Gasteiger partial charge on any atom is 0.0700 e. The summed E-state index contributed by atoms with van der Waals surface area (Å²) in [6, 6.07) is 16.6. The summed E-state index contributed by atoms with van der Waals surface area (Å²) in [5.74, 6) is -0.0281. The zero-order valence-corrected chi connectivity index (χ0v) is 8.07. The zero-order valence-electron chi connectivity index (χ0n) is 8.07. The van der Waals surface area contributed by atoms with Crippen LogP contribution in [0.1, 0.15) is 18.4 Å². The van der Waals surface area contributed by atoms with Gasteiger partial charge in [0.05, 0.1) is 12.0 Å². The molecule has 0 aliphatic carbocycles. The Bertz CT molecular complexity index is 494. The molecule has 0 N–H and O–H groups in total. The molecular weight excluding hydrogens is 170 g/mol. The first-order chi connectivity index (χ1) is 6.81. The van der Waals surface area contributed by atoms with E-state index in [0.29, 0.717) is 0 Å². The van der Waals surface area contributed by atoms with Gasteiger partial charge in [-0.05, 0) is 29.3 Å². The lowest BCUT2D eigenvalue weighted by Gasteiger charge is -2.04. The molecule has 0 saturated carbocycles. The number of hydrogen-bond donors (Lipinski definition) is 0. The summed E-state index contributed by atoms with van der Waals surface area (Å²) in [7, 11) is 0. The predicted molar refractivity (Wildman–Crippen MR) is 58.0 cm³/mol. The average Bonchev–Trinajstić information content (AvgIpc) is 2.27. The van der Waals surface area contributed by atoms with E-state index in [1.54, 1.807) is 0 Å². The van der Waals surface area contributed by atoms with Gasteiger partial charge in [0, 0.05) is 0 Å². The van der Waals surface area contributed by atoms with Gasteiger partial charge in [-0.2, -0.15) is 5.26 Å². The first-order valence-electron chi connectivity index (χ1n) is 4.69. The standard InChI is InChI=1S/C13H11N/c1-10(9-14)12-7-6-11-4-2-3-5-13(11)8-12/h2-8,10H,1H3. The second-order valence-electron chi connectivity index (χ2n) is 3.46. The highest BCUT2D eigenvalue weighted by Crippen LogP contribution is 2.20. The molecular formula is C13H11N. The van der Waals surface area contributed by atoms with Gasteiger partial charge < -0.3 is 0 Å². The number of rotatable bonds is 1. The molecule has 0 aliphatic heterocycles. The second kappa shape index (κ2) is 3.51. The monoisotopic (exact) mass is 181 g/mol. The molecule has 0 saturated heterocycles. The van der Waals surface area contributed by atoms with Crippen LogP contribution in [0.4, 0.5) is 0 Å². The highest BCUT2D eigenvalue weighted by molar-refractivity contribution is 5.83. The van der Waals surface area contributed by atoms with Crippen LogP contribution in [0.15, 0.2) is 42.5 Å². The van der Waals surface area contributed by atoms with Gasteiger partial charge in [-0.3, -0.25) is 0 Å². The number of benzene rings is 2. The van der Waals surface area contributed by atoms with Crippen molar-refractivity contribution in [1.82, 2.24) is 0 Å². The van der Waals surface area contributed by atoms with Crippen LogP contribution >= 0.6 is 0 Å². The summed E-state index contributed by atoms with van der Waals surface area (Å²) in [4.78, 5) is 0. The summed E-state index contributed by atoms with van der Waals surface area (Å²) in [6.07, 6.45) is 0. The topological polar surface area (TPSA) is 23.8 Å². The quantitative estimate of drug-likeness (QED) is 0.660. The largest absolute Gasteiger partial charge is 0.198 e. The Morgan fingerprint density at radius 2 is 1.79 bits per heavy atom. The van der Waals surface area contributed by atoms with Gasteiger partial charge in [0.25, 0.3) is 0 Å².